The van der Waals surface area contributed by atoms with Gasteiger partial charge in [-0.3, -0.25) is 9.59 Å². The van der Waals surface area contributed by atoms with E-state index in [4.69, 9.17) is 9.47 Å². The molecule has 1 aromatic heterocycles. The molecular formula is C22H22N2O4. The second-order valence-corrected chi connectivity index (χ2v) is 6.98. The van der Waals surface area contributed by atoms with Crippen LogP contribution in [0, 0.1) is 0 Å². The summed E-state index contributed by atoms with van der Waals surface area (Å²) in [5.74, 6) is 1.15. The third-order valence-corrected chi connectivity index (χ3v) is 5.36. The topological polar surface area (TPSA) is 69.6 Å². The third-order valence-electron chi connectivity index (χ3n) is 5.36. The van der Waals surface area contributed by atoms with E-state index in [1.807, 2.05) is 24.3 Å². The van der Waals surface area contributed by atoms with Crippen molar-refractivity contribution >= 4 is 16.7 Å². The molecule has 144 valence electrons. The Labute approximate surface area is 162 Å². The lowest BCUT2D eigenvalue weighted by molar-refractivity contribution is 0.0937. The number of hydrogen-bond donors (Lipinski definition) is 1. The van der Waals surface area contributed by atoms with E-state index in [0.717, 1.165) is 24.0 Å². The lowest BCUT2D eigenvalue weighted by atomic mass is 10.0. The Balaban J connectivity index is 1.70. The van der Waals surface area contributed by atoms with E-state index >= 15 is 0 Å². The van der Waals surface area contributed by atoms with Gasteiger partial charge in [0.25, 0.3) is 11.5 Å². The van der Waals surface area contributed by atoms with Crippen molar-refractivity contribution in [2.45, 2.75) is 18.9 Å². The molecule has 1 heterocycles. The third kappa shape index (κ3) is 2.91. The molecule has 1 aliphatic carbocycles. The second-order valence-electron chi connectivity index (χ2n) is 6.98. The first-order valence-corrected chi connectivity index (χ1v) is 9.17. The van der Waals surface area contributed by atoms with Crippen molar-refractivity contribution in [2.75, 3.05) is 14.2 Å². The van der Waals surface area contributed by atoms with Crippen molar-refractivity contribution in [3.8, 4) is 11.5 Å². The van der Waals surface area contributed by atoms with Crippen LogP contribution in [0.3, 0.4) is 0 Å². The molecule has 3 aromatic rings. The van der Waals surface area contributed by atoms with E-state index in [2.05, 4.69) is 5.32 Å². The summed E-state index contributed by atoms with van der Waals surface area (Å²) in [7, 11) is 4.88. The lowest BCUT2D eigenvalue weighted by Gasteiger charge is -2.17. The van der Waals surface area contributed by atoms with Crippen LogP contribution in [0.25, 0.3) is 10.8 Å². The average Bonchev–Trinajstić information content (AvgIpc) is 3.11. The van der Waals surface area contributed by atoms with Crippen LogP contribution in [0.4, 0.5) is 0 Å². The van der Waals surface area contributed by atoms with Crippen molar-refractivity contribution in [2.24, 2.45) is 7.05 Å². The zero-order valence-corrected chi connectivity index (χ0v) is 16.1. The highest BCUT2D eigenvalue weighted by atomic mass is 16.5. The first-order valence-electron chi connectivity index (χ1n) is 9.17. The van der Waals surface area contributed by atoms with Gasteiger partial charge in [-0.1, -0.05) is 18.2 Å². The molecule has 6 nitrogen and oxygen atoms in total. The molecule has 0 spiro atoms. The quantitative estimate of drug-likeness (QED) is 0.758. The number of ether oxygens (including phenoxy) is 2. The Morgan fingerprint density at radius 2 is 1.79 bits per heavy atom. The molecule has 28 heavy (non-hydrogen) atoms. The maximum atomic E-state index is 13.1. The maximum absolute atomic E-state index is 13.1. The van der Waals surface area contributed by atoms with Gasteiger partial charge in [0.15, 0.2) is 11.5 Å². The minimum atomic E-state index is -0.195. The largest absolute Gasteiger partial charge is 0.493 e. The normalized spacial score (nSPS) is 15.3. The number of rotatable bonds is 4. The summed E-state index contributed by atoms with van der Waals surface area (Å²) in [5, 5.41) is 4.33. The molecule has 1 atom stereocenters. The standard InChI is InChI=1S/C22H22N2O4/c1-24-12-17(14-6-4-5-7-15(14)22(24)26)21(25)23-18-9-8-13-10-19(27-2)20(28-3)11-16(13)18/h4-7,10-12,18H,8-9H2,1-3H3,(H,23,25). The predicted octanol–water partition coefficient (Wildman–Crippen LogP) is 2.97. The molecule has 0 fully saturated rings. The van der Waals surface area contributed by atoms with Crippen LogP contribution in [-0.2, 0) is 13.5 Å². The summed E-state index contributed by atoms with van der Waals surface area (Å²) in [6, 6.07) is 11.0. The molecule has 1 amide bonds. The summed E-state index contributed by atoms with van der Waals surface area (Å²) >= 11 is 0. The highest BCUT2D eigenvalue weighted by Crippen LogP contribution is 2.39. The van der Waals surface area contributed by atoms with Gasteiger partial charge >= 0.3 is 0 Å². The Morgan fingerprint density at radius 3 is 2.50 bits per heavy atom. The van der Waals surface area contributed by atoms with Gasteiger partial charge < -0.3 is 19.4 Å². The van der Waals surface area contributed by atoms with Crippen molar-refractivity contribution in [3.63, 3.8) is 0 Å². The van der Waals surface area contributed by atoms with E-state index in [-0.39, 0.29) is 17.5 Å². The summed E-state index contributed by atoms with van der Waals surface area (Å²) in [6.07, 6.45) is 3.26. The van der Waals surface area contributed by atoms with Crippen LogP contribution in [-0.4, -0.2) is 24.7 Å². The van der Waals surface area contributed by atoms with Gasteiger partial charge in [-0.05, 0) is 42.2 Å². The van der Waals surface area contributed by atoms with Crippen molar-refractivity contribution in [3.05, 3.63) is 69.6 Å². The Bertz CT molecular complexity index is 1130. The van der Waals surface area contributed by atoms with Crippen molar-refractivity contribution in [1.29, 1.82) is 0 Å². The number of carbonyl (C=O) groups excluding carboxylic acids is 1. The maximum Gasteiger partial charge on any atom is 0.258 e. The summed E-state index contributed by atoms with van der Waals surface area (Å²) < 4.78 is 12.2. The number of hydrogen-bond acceptors (Lipinski definition) is 4. The Morgan fingerprint density at radius 1 is 1.11 bits per heavy atom. The van der Waals surface area contributed by atoms with Crippen LogP contribution in [0.15, 0.2) is 47.4 Å². The van der Waals surface area contributed by atoms with Crippen LogP contribution in [0.5, 0.6) is 11.5 Å². The molecule has 4 rings (SSSR count). The van der Waals surface area contributed by atoms with E-state index < -0.39 is 0 Å². The molecule has 6 heteroatoms. The van der Waals surface area contributed by atoms with Gasteiger partial charge in [0, 0.05) is 24.0 Å². The minimum Gasteiger partial charge on any atom is -0.493 e. The van der Waals surface area contributed by atoms with E-state index in [9.17, 15) is 9.59 Å². The number of carbonyl (C=O) groups is 1. The SMILES string of the molecule is COc1cc2c(cc1OC)C(NC(=O)c1cn(C)c(=O)c3ccccc13)CC2. The number of nitrogens with one attached hydrogen (secondary N) is 1. The molecule has 0 saturated carbocycles. The molecule has 0 bridgehead atoms. The highest BCUT2D eigenvalue weighted by molar-refractivity contribution is 6.06. The monoisotopic (exact) mass is 378 g/mol. The smallest absolute Gasteiger partial charge is 0.258 e. The zero-order valence-electron chi connectivity index (χ0n) is 16.1. The van der Waals surface area contributed by atoms with Gasteiger partial charge in [-0.2, -0.15) is 0 Å². The second kappa shape index (κ2) is 7.03. The first kappa shape index (κ1) is 18.1. The lowest BCUT2D eigenvalue weighted by Crippen LogP contribution is -2.29. The molecule has 0 saturated heterocycles. The number of amides is 1. The molecule has 1 aliphatic rings. The molecule has 1 N–H and O–H groups in total. The molecule has 0 aliphatic heterocycles. The summed E-state index contributed by atoms with van der Waals surface area (Å²) in [6.45, 7) is 0. The number of aryl methyl sites for hydroxylation is 2. The van der Waals surface area contributed by atoms with Crippen molar-refractivity contribution < 1.29 is 14.3 Å². The van der Waals surface area contributed by atoms with Crippen LogP contribution >= 0.6 is 0 Å². The summed E-state index contributed by atoms with van der Waals surface area (Å²) in [4.78, 5) is 25.4. The van der Waals surface area contributed by atoms with Gasteiger partial charge in [-0.15, -0.1) is 0 Å². The Hall–Kier alpha value is -3.28. The fourth-order valence-corrected chi connectivity index (χ4v) is 3.92. The van der Waals surface area contributed by atoms with E-state index in [1.54, 1.807) is 39.6 Å². The first-order chi connectivity index (χ1) is 13.5. The number of benzene rings is 2. The van der Waals surface area contributed by atoms with Gasteiger partial charge in [0.1, 0.15) is 0 Å². The number of pyridine rings is 1. The zero-order chi connectivity index (χ0) is 19.8. The van der Waals surface area contributed by atoms with Crippen LogP contribution in [0.2, 0.25) is 0 Å². The molecule has 0 radical (unpaired) electrons. The van der Waals surface area contributed by atoms with Crippen LogP contribution in [0.1, 0.15) is 33.9 Å². The van der Waals surface area contributed by atoms with Crippen molar-refractivity contribution in [1.82, 2.24) is 9.88 Å². The summed E-state index contributed by atoms with van der Waals surface area (Å²) in [5.41, 5.74) is 2.57. The number of aromatic nitrogens is 1. The average molecular weight is 378 g/mol. The van der Waals surface area contributed by atoms with Gasteiger partial charge in [0.2, 0.25) is 0 Å². The Kier molecular flexibility index (Phi) is 4.55. The highest BCUT2D eigenvalue weighted by Gasteiger charge is 2.27. The van der Waals surface area contributed by atoms with Crippen LogP contribution < -0.4 is 20.3 Å². The number of nitrogens with zero attached hydrogens (tertiary/aromatic N) is 1. The molecule has 2 aromatic carbocycles. The number of methoxy groups -OCH3 is 2. The van der Waals surface area contributed by atoms with E-state index in [0.29, 0.717) is 27.8 Å². The fraction of sp³-hybridized carbons (Fsp3) is 0.273. The van der Waals surface area contributed by atoms with Gasteiger partial charge in [-0.25, -0.2) is 0 Å². The number of fused-ring (bicyclic) bond motifs is 2. The molecular weight excluding hydrogens is 356 g/mol. The van der Waals surface area contributed by atoms with E-state index in [1.165, 1.54) is 4.57 Å². The minimum absolute atomic E-state index is 0.113. The predicted molar refractivity (Wildman–Crippen MR) is 107 cm³/mol. The molecule has 1 unspecified atom stereocenters. The van der Waals surface area contributed by atoms with Gasteiger partial charge in [0.05, 0.1) is 25.8 Å². The fourth-order valence-electron chi connectivity index (χ4n) is 3.92.